The minimum Gasteiger partial charge on any atom is -0.493 e. The van der Waals surface area contributed by atoms with Crippen molar-refractivity contribution < 1.29 is 23.9 Å². The third kappa shape index (κ3) is 4.15. The Morgan fingerprint density at radius 2 is 1.71 bits per heavy atom. The summed E-state index contributed by atoms with van der Waals surface area (Å²) in [6.45, 7) is 0. The Balaban J connectivity index is 1.90. The summed E-state index contributed by atoms with van der Waals surface area (Å²) >= 11 is 0. The van der Waals surface area contributed by atoms with E-state index in [1.807, 2.05) is 0 Å². The molecule has 0 aromatic heterocycles. The highest BCUT2D eigenvalue weighted by atomic mass is 16.5. The Morgan fingerprint density at radius 3 is 2.39 bits per heavy atom. The molecule has 7 heteroatoms. The third-order valence-electron chi connectivity index (χ3n) is 4.11. The van der Waals surface area contributed by atoms with E-state index in [0.717, 1.165) is 0 Å². The van der Waals surface area contributed by atoms with Gasteiger partial charge in [-0.2, -0.15) is 0 Å². The number of hydrogen-bond donors (Lipinski definition) is 1. The third-order valence-corrected chi connectivity index (χ3v) is 4.11. The number of methoxy groups -OCH3 is 2. The summed E-state index contributed by atoms with van der Waals surface area (Å²) in [7, 11) is 3.03. The second kappa shape index (κ2) is 8.30. The maximum absolute atomic E-state index is 12.4. The molecule has 1 aliphatic heterocycles. The molecule has 2 aromatic carbocycles. The Morgan fingerprint density at radius 1 is 1.00 bits per heavy atom. The van der Waals surface area contributed by atoms with Crippen LogP contribution in [0.3, 0.4) is 0 Å². The molecule has 7 nitrogen and oxygen atoms in total. The number of aliphatic imine (C=N–C) groups is 1. The summed E-state index contributed by atoms with van der Waals surface area (Å²) in [5, 5.41) is 2.22. The van der Waals surface area contributed by atoms with E-state index < -0.39 is 11.8 Å². The van der Waals surface area contributed by atoms with E-state index in [2.05, 4.69) is 10.3 Å². The van der Waals surface area contributed by atoms with Crippen molar-refractivity contribution in [3.8, 4) is 11.5 Å². The van der Waals surface area contributed by atoms with Crippen LogP contribution >= 0.6 is 0 Å². The van der Waals surface area contributed by atoms with Crippen LogP contribution < -0.4 is 14.8 Å². The molecule has 1 N–H and O–H groups in total. The van der Waals surface area contributed by atoms with Crippen molar-refractivity contribution in [2.45, 2.75) is 6.42 Å². The minimum absolute atomic E-state index is 0.0137. The zero-order valence-electron chi connectivity index (χ0n) is 15.4. The lowest BCUT2D eigenvalue weighted by Gasteiger charge is -2.14. The first-order valence-electron chi connectivity index (χ1n) is 8.47. The second-order valence-corrected chi connectivity index (χ2v) is 5.95. The number of ketones is 1. The van der Waals surface area contributed by atoms with Crippen LogP contribution in [0.25, 0.3) is 6.08 Å². The smallest absolute Gasteiger partial charge is 0.276 e. The van der Waals surface area contributed by atoms with E-state index in [1.54, 1.807) is 48.5 Å². The van der Waals surface area contributed by atoms with Gasteiger partial charge >= 0.3 is 0 Å². The number of benzene rings is 2. The van der Waals surface area contributed by atoms with E-state index >= 15 is 0 Å². The molecule has 1 heterocycles. The normalized spacial score (nSPS) is 15.1. The van der Waals surface area contributed by atoms with Crippen LogP contribution in [0.5, 0.6) is 11.5 Å². The number of amides is 2. The lowest BCUT2D eigenvalue weighted by Crippen LogP contribution is -2.41. The molecule has 142 valence electrons. The van der Waals surface area contributed by atoms with Crippen LogP contribution in [-0.2, 0) is 9.59 Å². The number of carbonyl (C=O) groups excluding carboxylic acids is 3. The summed E-state index contributed by atoms with van der Waals surface area (Å²) in [6, 6.07) is 13.7. The number of hydrogen-bond acceptors (Lipinski definition) is 6. The number of Topliss-reactive ketones (excluding diaryl/α,β-unsaturated/α-hetero) is 1. The Hall–Kier alpha value is -3.74. The molecule has 0 fully saturated rings. The molecule has 0 bridgehead atoms. The zero-order chi connectivity index (χ0) is 20.1. The molecular formula is C21H18N2O5. The number of nitrogens with zero attached hydrogens (tertiary/aromatic N) is 1. The monoisotopic (exact) mass is 378 g/mol. The first-order chi connectivity index (χ1) is 13.5. The summed E-state index contributed by atoms with van der Waals surface area (Å²) in [5.41, 5.74) is 1.12. The van der Waals surface area contributed by atoms with Gasteiger partial charge in [0.1, 0.15) is 11.4 Å². The minimum atomic E-state index is -0.668. The van der Waals surface area contributed by atoms with Gasteiger partial charge in [-0.1, -0.05) is 36.4 Å². The predicted octanol–water partition coefficient (Wildman–Crippen LogP) is 2.42. The fourth-order valence-corrected chi connectivity index (χ4v) is 2.68. The Kier molecular flexibility index (Phi) is 5.64. The zero-order valence-corrected chi connectivity index (χ0v) is 15.4. The molecular weight excluding hydrogens is 360 g/mol. The average Bonchev–Trinajstić information content (AvgIpc) is 2.72. The molecule has 28 heavy (non-hydrogen) atoms. The number of nitrogens with one attached hydrogen (secondary N) is 1. The van der Waals surface area contributed by atoms with Crippen molar-refractivity contribution in [3.05, 3.63) is 65.4 Å². The molecule has 0 saturated carbocycles. The number of ether oxygens (including phenoxy) is 2. The molecule has 3 rings (SSSR count). The molecule has 2 amide bonds. The molecule has 0 unspecified atom stereocenters. The van der Waals surface area contributed by atoms with E-state index in [9.17, 15) is 14.4 Å². The first-order valence-corrected chi connectivity index (χ1v) is 8.47. The predicted molar refractivity (Wildman–Crippen MR) is 103 cm³/mol. The van der Waals surface area contributed by atoms with Crippen molar-refractivity contribution in [1.82, 2.24) is 5.32 Å². The van der Waals surface area contributed by atoms with Crippen molar-refractivity contribution >= 4 is 29.4 Å². The number of carbonyl (C=O) groups is 3. The van der Waals surface area contributed by atoms with Gasteiger partial charge < -0.3 is 9.47 Å². The van der Waals surface area contributed by atoms with Crippen molar-refractivity contribution in [2.24, 2.45) is 4.99 Å². The quantitative estimate of drug-likeness (QED) is 0.473. The maximum Gasteiger partial charge on any atom is 0.276 e. The van der Waals surface area contributed by atoms with Gasteiger partial charge in [0.05, 0.1) is 20.6 Å². The van der Waals surface area contributed by atoms with Gasteiger partial charge in [-0.25, -0.2) is 4.99 Å². The topological polar surface area (TPSA) is 94.1 Å². The van der Waals surface area contributed by atoms with Crippen LogP contribution in [0.4, 0.5) is 0 Å². The average molecular weight is 378 g/mol. The van der Waals surface area contributed by atoms with Gasteiger partial charge in [-0.15, -0.1) is 0 Å². The standard InChI is InChI=1S/C21H18N2O5/c1-27-18-9-8-13(11-19(18)28-2)10-15-20(25)23-21(26)16(22-15)12-17(24)14-6-4-3-5-7-14/h3-11H,12H2,1-2H3,(H,23,25,26)/b15-10-. The van der Waals surface area contributed by atoms with Crippen molar-refractivity contribution in [3.63, 3.8) is 0 Å². The van der Waals surface area contributed by atoms with Gasteiger partial charge in [0.2, 0.25) is 0 Å². The van der Waals surface area contributed by atoms with Crippen molar-refractivity contribution in [1.29, 1.82) is 0 Å². The molecule has 0 aliphatic carbocycles. The molecule has 0 spiro atoms. The first kappa shape index (κ1) is 19.0. The van der Waals surface area contributed by atoms with Gasteiger partial charge in [-0.3, -0.25) is 19.7 Å². The lowest BCUT2D eigenvalue weighted by atomic mass is 10.0. The van der Waals surface area contributed by atoms with E-state index in [0.29, 0.717) is 22.6 Å². The Bertz CT molecular complexity index is 993. The summed E-state index contributed by atoms with van der Waals surface area (Å²) in [5.74, 6) is -0.512. The highest BCUT2D eigenvalue weighted by molar-refractivity contribution is 6.47. The molecule has 0 saturated heterocycles. The fraction of sp³-hybridized carbons (Fsp3) is 0.143. The van der Waals surface area contributed by atoms with Gasteiger partial charge in [0, 0.05) is 5.56 Å². The second-order valence-electron chi connectivity index (χ2n) is 5.95. The highest BCUT2D eigenvalue weighted by Gasteiger charge is 2.26. The SMILES string of the molecule is COc1ccc(/C=C2\N=C(CC(=O)c3ccccc3)C(=O)NC2=O)cc1OC. The largest absolute Gasteiger partial charge is 0.493 e. The Labute approximate surface area is 161 Å². The van der Waals surface area contributed by atoms with Crippen LogP contribution in [0, 0.1) is 0 Å². The summed E-state index contributed by atoms with van der Waals surface area (Å²) in [4.78, 5) is 40.7. The van der Waals surface area contributed by atoms with Crippen LogP contribution in [0.15, 0.2) is 59.2 Å². The van der Waals surface area contributed by atoms with Gasteiger partial charge in [0.15, 0.2) is 17.3 Å². The number of rotatable bonds is 6. The van der Waals surface area contributed by atoms with Gasteiger partial charge in [-0.05, 0) is 23.8 Å². The van der Waals surface area contributed by atoms with E-state index in [1.165, 1.54) is 20.3 Å². The van der Waals surface area contributed by atoms with E-state index in [4.69, 9.17) is 9.47 Å². The van der Waals surface area contributed by atoms with Crippen LogP contribution in [-0.4, -0.2) is 37.5 Å². The fourth-order valence-electron chi connectivity index (χ4n) is 2.68. The maximum atomic E-state index is 12.4. The van der Waals surface area contributed by atoms with Crippen LogP contribution in [0.1, 0.15) is 22.3 Å². The van der Waals surface area contributed by atoms with Crippen molar-refractivity contribution in [2.75, 3.05) is 14.2 Å². The molecule has 2 aromatic rings. The summed E-state index contributed by atoms with van der Waals surface area (Å²) in [6.07, 6.45) is 1.31. The highest BCUT2D eigenvalue weighted by Crippen LogP contribution is 2.28. The van der Waals surface area contributed by atoms with Gasteiger partial charge in [0.25, 0.3) is 11.8 Å². The van der Waals surface area contributed by atoms with Crippen LogP contribution in [0.2, 0.25) is 0 Å². The lowest BCUT2D eigenvalue weighted by molar-refractivity contribution is -0.125. The van der Waals surface area contributed by atoms with E-state index in [-0.39, 0.29) is 23.6 Å². The summed E-state index contributed by atoms with van der Waals surface area (Å²) < 4.78 is 10.4. The number of imide groups is 1. The molecule has 0 atom stereocenters. The molecule has 0 radical (unpaired) electrons. The molecule has 1 aliphatic rings.